The van der Waals surface area contributed by atoms with Crippen LogP contribution in [0.1, 0.15) is 30.0 Å². The molecule has 1 unspecified atom stereocenters. The van der Waals surface area contributed by atoms with Crippen LogP contribution in [0.25, 0.3) is 0 Å². The Hall–Kier alpha value is -2.39. The lowest BCUT2D eigenvalue weighted by Gasteiger charge is -2.24. The number of nitrogens with zero attached hydrogens (tertiary/aromatic N) is 4. The minimum absolute atomic E-state index is 0.171. The SMILES string of the molecule is Cc1cc(C#N)nc(N(Cc2ccco2)CC2CCCO2)n1. The third-order valence-electron chi connectivity index (χ3n) is 3.61. The van der Waals surface area contributed by atoms with Crippen molar-refractivity contribution in [1.82, 2.24) is 9.97 Å². The van der Waals surface area contributed by atoms with Gasteiger partial charge in [0.05, 0.1) is 18.9 Å². The van der Waals surface area contributed by atoms with Crippen LogP contribution in [0.4, 0.5) is 5.95 Å². The summed E-state index contributed by atoms with van der Waals surface area (Å²) in [5.74, 6) is 1.38. The average molecular weight is 298 g/mol. The van der Waals surface area contributed by atoms with E-state index < -0.39 is 0 Å². The quantitative estimate of drug-likeness (QED) is 0.844. The van der Waals surface area contributed by atoms with Gasteiger partial charge in [-0.3, -0.25) is 0 Å². The van der Waals surface area contributed by atoms with Gasteiger partial charge < -0.3 is 14.1 Å². The fraction of sp³-hybridized carbons (Fsp3) is 0.438. The van der Waals surface area contributed by atoms with Crippen LogP contribution in [0.15, 0.2) is 28.9 Å². The summed E-state index contributed by atoms with van der Waals surface area (Å²) in [6.07, 6.45) is 3.94. The molecule has 2 aromatic rings. The van der Waals surface area contributed by atoms with Crippen molar-refractivity contribution in [2.45, 2.75) is 32.4 Å². The van der Waals surface area contributed by atoms with E-state index in [1.54, 1.807) is 12.3 Å². The fourth-order valence-corrected chi connectivity index (χ4v) is 2.59. The zero-order chi connectivity index (χ0) is 15.4. The minimum Gasteiger partial charge on any atom is -0.467 e. The van der Waals surface area contributed by atoms with Crippen molar-refractivity contribution in [1.29, 1.82) is 5.26 Å². The van der Waals surface area contributed by atoms with Crippen LogP contribution in [0.5, 0.6) is 0 Å². The molecule has 1 saturated heterocycles. The van der Waals surface area contributed by atoms with Crippen LogP contribution >= 0.6 is 0 Å². The number of furan rings is 1. The highest BCUT2D eigenvalue weighted by Gasteiger charge is 2.22. The maximum absolute atomic E-state index is 9.11. The third-order valence-corrected chi connectivity index (χ3v) is 3.61. The Morgan fingerprint density at radius 2 is 2.36 bits per heavy atom. The van der Waals surface area contributed by atoms with E-state index in [1.165, 1.54) is 0 Å². The van der Waals surface area contributed by atoms with Gasteiger partial charge in [-0.05, 0) is 38.0 Å². The van der Waals surface area contributed by atoms with E-state index in [2.05, 4.69) is 16.0 Å². The standard InChI is InChI=1S/C16H18N4O2/c1-12-8-13(9-17)19-16(18-12)20(10-14-4-2-6-21-14)11-15-5-3-7-22-15/h2,4,6,8,15H,3,5,7,10-11H2,1H3. The Labute approximate surface area is 129 Å². The highest BCUT2D eigenvalue weighted by atomic mass is 16.5. The number of nitriles is 1. The number of aromatic nitrogens is 2. The molecule has 0 saturated carbocycles. The van der Waals surface area contributed by atoms with Crippen LogP contribution in [-0.4, -0.2) is 29.2 Å². The topological polar surface area (TPSA) is 75.2 Å². The maximum Gasteiger partial charge on any atom is 0.227 e. The number of aryl methyl sites for hydroxylation is 1. The Bertz CT molecular complexity index is 657. The number of hydrogen-bond donors (Lipinski definition) is 0. The van der Waals surface area contributed by atoms with Gasteiger partial charge in [0.15, 0.2) is 0 Å². The Balaban J connectivity index is 1.86. The van der Waals surface area contributed by atoms with Crippen molar-refractivity contribution < 1.29 is 9.15 Å². The molecule has 2 aromatic heterocycles. The van der Waals surface area contributed by atoms with Gasteiger partial charge in [0.1, 0.15) is 17.5 Å². The molecule has 0 spiro atoms. The minimum atomic E-state index is 0.171. The molecule has 0 bridgehead atoms. The number of rotatable bonds is 5. The van der Waals surface area contributed by atoms with Crippen molar-refractivity contribution in [3.8, 4) is 6.07 Å². The number of ether oxygens (including phenoxy) is 1. The summed E-state index contributed by atoms with van der Waals surface area (Å²) >= 11 is 0. The Morgan fingerprint density at radius 1 is 1.45 bits per heavy atom. The Kier molecular flexibility index (Phi) is 4.35. The molecule has 114 valence electrons. The summed E-state index contributed by atoms with van der Waals surface area (Å²) in [4.78, 5) is 10.8. The first-order chi connectivity index (χ1) is 10.7. The van der Waals surface area contributed by atoms with Gasteiger partial charge in [-0.1, -0.05) is 0 Å². The predicted molar refractivity (Wildman–Crippen MR) is 80.2 cm³/mol. The van der Waals surface area contributed by atoms with Crippen LogP contribution < -0.4 is 4.90 Å². The van der Waals surface area contributed by atoms with Crippen molar-refractivity contribution in [2.75, 3.05) is 18.1 Å². The normalized spacial score (nSPS) is 17.4. The highest BCUT2D eigenvalue weighted by molar-refractivity contribution is 5.36. The molecule has 0 radical (unpaired) electrons. The molecule has 0 aromatic carbocycles. The summed E-state index contributed by atoms with van der Waals surface area (Å²) < 4.78 is 11.2. The van der Waals surface area contributed by atoms with Gasteiger partial charge in [0.2, 0.25) is 5.95 Å². The fourth-order valence-electron chi connectivity index (χ4n) is 2.59. The van der Waals surface area contributed by atoms with Gasteiger partial charge in [0.25, 0.3) is 0 Å². The first-order valence-electron chi connectivity index (χ1n) is 7.39. The summed E-state index contributed by atoms with van der Waals surface area (Å²) in [5.41, 5.74) is 1.15. The van der Waals surface area contributed by atoms with Crippen molar-refractivity contribution in [3.05, 3.63) is 41.6 Å². The second kappa shape index (κ2) is 6.58. The van der Waals surface area contributed by atoms with Crippen LogP contribution in [0.2, 0.25) is 0 Å². The highest BCUT2D eigenvalue weighted by Crippen LogP contribution is 2.19. The second-order valence-corrected chi connectivity index (χ2v) is 5.40. The van der Waals surface area contributed by atoms with Gasteiger partial charge in [-0.15, -0.1) is 0 Å². The van der Waals surface area contributed by atoms with Gasteiger partial charge in [0, 0.05) is 18.8 Å². The molecule has 6 nitrogen and oxygen atoms in total. The maximum atomic E-state index is 9.11. The molecule has 1 aliphatic rings. The summed E-state index contributed by atoms with van der Waals surface area (Å²) in [7, 11) is 0. The molecule has 1 aliphatic heterocycles. The second-order valence-electron chi connectivity index (χ2n) is 5.40. The van der Waals surface area contributed by atoms with E-state index in [4.69, 9.17) is 14.4 Å². The van der Waals surface area contributed by atoms with E-state index >= 15 is 0 Å². The van der Waals surface area contributed by atoms with Crippen molar-refractivity contribution >= 4 is 5.95 Å². The first kappa shape index (κ1) is 14.5. The van der Waals surface area contributed by atoms with Gasteiger partial charge >= 0.3 is 0 Å². The lowest BCUT2D eigenvalue weighted by atomic mass is 10.2. The van der Waals surface area contributed by atoms with Gasteiger partial charge in [-0.25, -0.2) is 9.97 Å². The monoisotopic (exact) mass is 298 g/mol. The molecule has 22 heavy (non-hydrogen) atoms. The molecular weight excluding hydrogens is 280 g/mol. The van der Waals surface area contributed by atoms with Gasteiger partial charge in [-0.2, -0.15) is 5.26 Å². The van der Waals surface area contributed by atoms with Crippen LogP contribution in [0.3, 0.4) is 0 Å². The first-order valence-corrected chi connectivity index (χ1v) is 7.39. The molecule has 3 rings (SSSR count). The van der Waals surface area contributed by atoms with Crippen LogP contribution in [0, 0.1) is 18.3 Å². The smallest absolute Gasteiger partial charge is 0.227 e. The molecule has 0 amide bonds. The molecule has 3 heterocycles. The third kappa shape index (κ3) is 3.43. The molecular formula is C16H18N4O2. The van der Waals surface area contributed by atoms with Crippen LogP contribution in [-0.2, 0) is 11.3 Å². The van der Waals surface area contributed by atoms with Crippen molar-refractivity contribution in [3.63, 3.8) is 0 Å². The molecule has 6 heteroatoms. The van der Waals surface area contributed by atoms with E-state index in [0.29, 0.717) is 24.7 Å². The zero-order valence-corrected chi connectivity index (χ0v) is 12.5. The average Bonchev–Trinajstić information content (AvgIpc) is 3.19. The molecule has 0 N–H and O–H groups in total. The lowest BCUT2D eigenvalue weighted by molar-refractivity contribution is 0.114. The molecule has 1 fully saturated rings. The van der Waals surface area contributed by atoms with E-state index in [9.17, 15) is 0 Å². The largest absolute Gasteiger partial charge is 0.467 e. The van der Waals surface area contributed by atoms with Crippen molar-refractivity contribution in [2.24, 2.45) is 0 Å². The predicted octanol–water partition coefficient (Wildman–Crippen LogP) is 2.44. The number of hydrogen-bond acceptors (Lipinski definition) is 6. The molecule has 1 atom stereocenters. The number of anilines is 1. The van der Waals surface area contributed by atoms with E-state index in [0.717, 1.165) is 30.9 Å². The van der Waals surface area contributed by atoms with E-state index in [-0.39, 0.29) is 6.10 Å². The zero-order valence-electron chi connectivity index (χ0n) is 12.5. The summed E-state index contributed by atoms with van der Waals surface area (Å²) in [5, 5.41) is 9.11. The summed E-state index contributed by atoms with van der Waals surface area (Å²) in [6.45, 7) is 3.91. The summed E-state index contributed by atoms with van der Waals surface area (Å²) in [6, 6.07) is 7.54. The lowest BCUT2D eigenvalue weighted by Crippen LogP contribution is -2.33. The molecule has 0 aliphatic carbocycles. The Morgan fingerprint density at radius 3 is 3.05 bits per heavy atom. The van der Waals surface area contributed by atoms with E-state index in [1.807, 2.05) is 24.0 Å².